The number of fused-ring (bicyclic) bond motifs is 1. The van der Waals surface area contributed by atoms with Gasteiger partial charge in [0.15, 0.2) is 5.82 Å². The van der Waals surface area contributed by atoms with Crippen molar-refractivity contribution in [2.24, 2.45) is 0 Å². The molecule has 0 amide bonds. The summed E-state index contributed by atoms with van der Waals surface area (Å²) in [4.78, 5) is 13.7. The molecule has 0 aliphatic carbocycles. The van der Waals surface area contributed by atoms with Crippen LogP contribution in [0.5, 0.6) is 5.88 Å². The highest BCUT2D eigenvalue weighted by Gasteiger charge is 2.31. The van der Waals surface area contributed by atoms with Crippen molar-refractivity contribution in [1.82, 2.24) is 14.9 Å². The van der Waals surface area contributed by atoms with Crippen molar-refractivity contribution in [3.05, 3.63) is 12.4 Å². The molecule has 0 radical (unpaired) electrons. The second-order valence-corrected chi connectivity index (χ2v) is 4.93. The number of piperazine rings is 1. The lowest BCUT2D eigenvalue weighted by Crippen LogP contribution is -2.50. The number of aromatic nitrogens is 2. The minimum Gasteiger partial charge on any atom is -0.477 e. The van der Waals surface area contributed by atoms with Gasteiger partial charge in [0.25, 0.3) is 0 Å². The third-order valence-corrected chi connectivity index (χ3v) is 3.80. The summed E-state index contributed by atoms with van der Waals surface area (Å²) < 4.78 is 5.41. The van der Waals surface area contributed by atoms with E-state index in [2.05, 4.69) is 19.8 Å². The van der Waals surface area contributed by atoms with Crippen molar-refractivity contribution in [1.29, 1.82) is 0 Å². The van der Waals surface area contributed by atoms with E-state index in [9.17, 15) is 0 Å². The first-order chi connectivity index (χ1) is 8.86. The maximum Gasteiger partial charge on any atom is 0.234 e. The van der Waals surface area contributed by atoms with Crippen LogP contribution in [-0.2, 0) is 0 Å². The third kappa shape index (κ3) is 2.27. The monoisotopic (exact) mass is 248 g/mol. The minimum atomic E-state index is 0.629. The Labute approximate surface area is 108 Å². The normalized spacial score (nSPS) is 24.1. The number of rotatable bonds is 3. The van der Waals surface area contributed by atoms with E-state index in [0.717, 1.165) is 25.5 Å². The summed E-state index contributed by atoms with van der Waals surface area (Å²) in [5, 5.41) is 0. The standard InChI is InChI=1S/C13H20N4O/c1-2-18-13-9-14-8-12(15-13)17-7-6-16-5-3-4-11(16)10-17/h8-9,11H,2-7,10H2,1H3. The summed E-state index contributed by atoms with van der Waals surface area (Å²) in [6.07, 6.45) is 6.17. The van der Waals surface area contributed by atoms with Crippen LogP contribution in [0.4, 0.5) is 5.82 Å². The molecule has 2 aliphatic rings. The van der Waals surface area contributed by atoms with Gasteiger partial charge in [-0.05, 0) is 26.3 Å². The Morgan fingerprint density at radius 2 is 2.28 bits per heavy atom. The topological polar surface area (TPSA) is 41.5 Å². The van der Waals surface area contributed by atoms with Crippen molar-refractivity contribution in [3.63, 3.8) is 0 Å². The van der Waals surface area contributed by atoms with Crippen LogP contribution < -0.4 is 9.64 Å². The zero-order valence-corrected chi connectivity index (χ0v) is 10.9. The smallest absolute Gasteiger partial charge is 0.234 e. The van der Waals surface area contributed by atoms with E-state index in [4.69, 9.17) is 4.74 Å². The van der Waals surface area contributed by atoms with E-state index < -0.39 is 0 Å². The lowest BCUT2D eigenvalue weighted by molar-refractivity contribution is 0.230. The van der Waals surface area contributed by atoms with Gasteiger partial charge in [0, 0.05) is 25.7 Å². The number of anilines is 1. The second-order valence-electron chi connectivity index (χ2n) is 4.93. The van der Waals surface area contributed by atoms with Crippen molar-refractivity contribution in [2.75, 3.05) is 37.7 Å². The Morgan fingerprint density at radius 3 is 3.17 bits per heavy atom. The van der Waals surface area contributed by atoms with Gasteiger partial charge in [0.1, 0.15) is 0 Å². The fourth-order valence-electron chi connectivity index (χ4n) is 2.91. The van der Waals surface area contributed by atoms with Crippen LogP contribution >= 0.6 is 0 Å². The van der Waals surface area contributed by atoms with E-state index in [1.165, 1.54) is 19.4 Å². The van der Waals surface area contributed by atoms with Gasteiger partial charge in [0.05, 0.1) is 19.0 Å². The van der Waals surface area contributed by atoms with Gasteiger partial charge >= 0.3 is 0 Å². The Kier molecular flexibility index (Phi) is 3.32. The van der Waals surface area contributed by atoms with E-state index >= 15 is 0 Å². The molecule has 5 heteroatoms. The molecule has 18 heavy (non-hydrogen) atoms. The molecule has 0 aromatic carbocycles. The molecule has 0 bridgehead atoms. The van der Waals surface area contributed by atoms with E-state index in [-0.39, 0.29) is 0 Å². The van der Waals surface area contributed by atoms with Crippen LogP contribution in [0.3, 0.4) is 0 Å². The van der Waals surface area contributed by atoms with Gasteiger partial charge in [-0.1, -0.05) is 0 Å². The summed E-state index contributed by atoms with van der Waals surface area (Å²) in [5.74, 6) is 1.58. The van der Waals surface area contributed by atoms with Crippen LogP contribution in [0.2, 0.25) is 0 Å². The molecule has 0 saturated carbocycles. The van der Waals surface area contributed by atoms with Crippen LogP contribution in [0.25, 0.3) is 0 Å². The van der Waals surface area contributed by atoms with E-state index in [1.54, 1.807) is 6.20 Å². The second kappa shape index (κ2) is 5.10. The van der Waals surface area contributed by atoms with Crippen molar-refractivity contribution >= 4 is 5.82 Å². The fourth-order valence-corrected chi connectivity index (χ4v) is 2.91. The van der Waals surface area contributed by atoms with Crippen LogP contribution in [0.15, 0.2) is 12.4 Å². The largest absolute Gasteiger partial charge is 0.477 e. The van der Waals surface area contributed by atoms with Crippen molar-refractivity contribution in [3.8, 4) is 5.88 Å². The molecule has 0 N–H and O–H groups in total. The maximum absolute atomic E-state index is 5.41. The average Bonchev–Trinajstić information content (AvgIpc) is 2.86. The summed E-state index contributed by atoms with van der Waals surface area (Å²) in [6.45, 7) is 7.12. The zero-order valence-electron chi connectivity index (χ0n) is 10.9. The van der Waals surface area contributed by atoms with Crippen LogP contribution in [-0.4, -0.2) is 53.7 Å². The first kappa shape index (κ1) is 11.7. The number of nitrogens with zero attached hydrogens (tertiary/aromatic N) is 4. The first-order valence-corrected chi connectivity index (χ1v) is 6.80. The van der Waals surface area contributed by atoms with Gasteiger partial charge in [0.2, 0.25) is 5.88 Å². The highest BCUT2D eigenvalue weighted by molar-refractivity contribution is 5.38. The minimum absolute atomic E-state index is 0.629. The number of hydrogen-bond donors (Lipinski definition) is 0. The van der Waals surface area contributed by atoms with E-state index in [0.29, 0.717) is 18.5 Å². The summed E-state index contributed by atoms with van der Waals surface area (Å²) in [7, 11) is 0. The van der Waals surface area contributed by atoms with Crippen molar-refractivity contribution < 1.29 is 4.74 Å². The molecule has 2 aliphatic heterocycles. The van der Waals surface area contributed by atoms with Gasteiger partial charge < -0.3 is 9.64 Å². The van der Waals surface area contributed by atoms with Crippen LogP contribution in [0, 0.1) is 0 Å². The average molecular weight is 248 g/mol. The molecule has 1 aromatic rings. The number of hydrogen-bond acceptors (Lipinski definition) is 5. The quantitative estimate of drug-likeness (QED) is 0.803. The van der Waals surface area contributed by atoms with Gasteiger partial charge in [-0.15, -0.1) is 0 Å². The molecule has 1 aromatic heterocycles. The van der Waals surface area contributed by atoms with Gasteiger partial charge in [-0.3, -0.25) is 9.88 Å². The Morgan fingerprint density at radius 1 is 1.33 bits per heavy atom. The Bertz CT molecular complexity index is 412. The predicted molar refractivity (Wildman–Crippen MR) is 70.0 cm³/mol. The van der Waals surface area contributed by atoms with Crippen LogP contribution in [0.1, 0.15) is 19.8 Å². The summed E-state index contributed by atoms with van der Waals surface area (Å²) in [6, 6.07) is 0.705. The lowest BCUT2D eigenvalue weighted by Gasteiger charge is -2.37. The van der Waals surface area contributed by atoms with E-state index in [1.807, 2.05) is 13.1 Å². The third-order valence-electron chi connectivity index (χ3n) is 3.80. The molecular formula is C13H20N4O. The molecule has 98 valence electrons. The van der Waals surface area contributed by atoms with Gasteiger partial charge in [-0.2, -0.15) is 4.98 Å². The molecule has 3 rings (SSSR count). The number of ether oxygens (including phenoxy) is 1. The molecule has 2 fully saturated rings. The molecule has 5 nitrogen and oxygen atoms in total. The molecule has 1 unspecified atom stereocenters. The lowest BCUT2D eigenvalue weighted by atomic mass is 10.1. The van der Waals surface area contributed by atoms with Gasteiger partial charge in [-0.25, -0.2) is 0 Å². The highest BCUT2D eigenvalue weighted by atomic mass is 16.5. The molecule has 3 heterocycles. The summed E-state index contributed by atoms with van der Waals surface area (Å²) in [5.41, 5.74) is 0. The highest BCUT2D eigenvalue weighted by Crippen LogP contribution is 2.24. The maximum atomic E-state index is 5.41. The Hall–Kier alpha value is -1.36. The van der Waals surface area contributed by atoms with Crippen molar-refractivity contribution in [2.45, 2.75) is 25.8 Å². The fraction of sp³-hybridized carbons (Fsp3) is 0.692. The molecular weight excluding hydrogens is 228 g/mol. The molecule has 2 saturated heterocycles. The first-order valence-electron chi connectivity index (χ1n) is 6.80. The molecule has 1 atom stereocenters. The zero-order chi connectivity index (χ0) is 12.4. The Balaban J connectivity index is 1.72. The molecule has 0 spiro atoms. The SMILES string of the molecule is CCOc1cncc(N2CCN3CCCC3C2)n1. The summed E-state index contributed by atoms with van der Waals surface area (Å²) >= 11 is 0. The predicted octanol–water partition coefficient (Wildman–Crippen LogP) is 1.16.